The molecule has 0 aliphatic heterocycles. The first-order valence-electron chi connectivity index (χ1n) is 6.64. The SMILES string of the molecule is CCC(C)(C(Cc1cccc(Cl)c1F)NC)N(C)C. The van der Waals surface area contributed by atoms with E-state index in [1.807, 2.05) is 7.05 Å². The molecule has 0 aliphatic carbocycles. The summed E-state index contributed by atoms with van der Waals surface area (Å²) in [5.74, 6) is -0.304. The van der Waals surface area contributed by atoms with Crippen molar-refractivity contribution in [1.82, 2.24) is 10.2 Å². The first kappa shape index (κ1) is 16.4. The lowest BCUT2D eigenvalue weighted by Gasteiger charge is -2.42. The summed E-state index contributed by atoms with van der Waals surface area (Å²) in [5.41, 5.74) is 0.622. The van der Waals surface area contributed by atoms with Crippen LogP contribution >= 0.6 is 11.6 Å². The highest BCUT2D eigenvalue weighted by Gasteiger charge is 2.34. The second-order valence-electron chi connectivity index (χ2n) is 5.36. The highest BCUT2D eigenvalue weighted by molar-refractivity contribution is 6.30. The van der Waals surface area contributed by atoms with Crippen LogP contribution in [0.3, 0.4) is 0 Å². The van der Waals surface area contributed by atoms with Gasteiger partial charge >= 0.3 is 0 Å². The van der Waals surface area contributed by atoms with Gasteiger partial charge in [-0.3, -0.25) is 0 Å². The molecule has 0 aromatic heterocycles. The van der Waals surface area contributed by atoms with Crippen LogP contribution in [-0.2, 0) is 6.42 Å². The molecule has 0 heterocycles. The fourth-order valence-corrected chi connectivity index (χ4v) is 2.63. The summed E-state index contributed by atoms with van der Waals surface area (Å²) < 4.78 is 14.0. The highest BCUT2D eigenvalue weighted by Crippen LogP contribution is 2.26. The first-order chi connectivity index (χ1) is 8.86. The number of likely N-dealkylation sites (N-methyl/N-ethyl adjacent to an activating group) is 2. The van der Waals surface area contributed by atoms with E-state index in [1.165, 1.54) is 0 Å². The second kappa shape index (κ2) is 6.69. The van der Waals surface area contributed by atoms with Crippen molar-refractivity contribution in [2.75, 3.05) is 21.1 Å². The minimum atomic E-state index is -0.304. The van der Waals surface area contributed by atoms with Crippen LogP contribution in [-0.4, -0.2) is 37.6 Å². The van der Waals surface area contributed by atoms with Gasteiger partial charge in [0.15, 0.2) is 0 Å². The Balaban J connectivity index is 3.02. The molecule has 2 nitrogen and oxygen atoms in total. The fraction of sp³-hybridized carbons (Fsp3) is 0.600. The molecule has 0 radical (unpaired) electrons. The molecule has 0 bridgehead atoms. The molecule has 0 saturated heterocycles. The van der Waals surface area contributed by atoms with Gasteiger partial charge in [0, 0.05) is 11.6 Å². The van der Waals surface area contributed by atoms with Crippen LogP contribution in [0.1, 0.15) is 25.8 Å². The number of hydrogen-bond acceptors (Lipinski definition) is 2. The lowest BCUT2D eigenvalue weighted by molar-refractivity contribution is 0.116. The average molecular weight is 287 g/mol. The van der Waals surface area contributed by atoms with Crippen molar-refractivity contribution >= 4 is 11.6 Å². The minimum absolute atomic E-state index is 0.0382. The number of nitrogens with zero attached hydrogens (tertiary/aromatic N) is 1. The van der Waals surface area contributed by atoms with Crippen molar-refractivity contribution < 1.29 is 4.39 Å². The smallest absolute Gasteiger partial charge is 0.145 e. The van der Waals surface area contributed by atoms with Crippen molar-refractivity contribution in [3.63, 3.8) is 0 Å². The lowest BCUT2D eigenvalue weighted by atomic mass is 9.84. The van der Waals surface area contributed by atoms with Gasteiger partial charge in [-0.2, -0.15) is 0 Å². The largest absolute Gasteiger partial charge is 0.315 e. The third-order valence-electron chi connectivity index (χ3n) is 4.29. The van der Waals surface area contributed by atoms with Crippen LogP contribution < -0.4 is 5.32 Å². The molecule has 0 amide bonds. The maximum Gasteiger partial charge on any atom is 0.145 e. The van der Waals surface area contributed by atoms with Gasteiger partial charge in [-0.25, -0.2) is 4.39 Å². The van der Waals surface area contributed by atoms with Gasteiger partial charge < -0.3 is 10.2 Å². The Kier molecular flexibility index (Phi) is 5.78. The Hall–Kier alpha value is -0.640. The highest BCUT2D eigenvalue weighted by atomic mass is 35.5. The van der Waals surface area contributed by atoms with E-state index in [-0.39, 0.29) is 22.4 Å². The average Bonchev–Trinajstić information content (AvgIpc) is 2.39. The Morgan fingerprint density at radius 1 is 1.42 bits per heavy atom. The van der Waals surface area contributed by atoms with Crippen molar-refractivity contribution in [3.05, 3.63) is 34.6 Å². The third-order valence-corrected chi connectivity index (χ3v) is 4.58. The molecule has 2 unspecified atom stereocenters. The summed E-state index contributed by atoms with van der Waals surface area (Å²) in [4.78, 5) is 2.19. The van der Waals surface area contributed by atoms with Gasteiger partial charge in [-0.05, 0) is 52.5 Å². The molecule has 0 aliphatic rings. The summed E-state index contributed by atoms with van der Waals surface area (Å²) in [7, 11) is 6.04. The molecular weight excluding hydrogens is 263 g/mol. The van der Waals surface area contributed by atoms with E-state index >= 15 is 0 Å². The number of benzene rings is 1. The summed E-state index contributed by atoms with van der Waals surface area (Å²) in [6.45, 7) is 4.34. The van der Waals surface area contributed by atoms with Crippen LogP contribution in [0.25, 0.3) is 0 Å². The van der Waals surface area contributed by atoms with Crippen LogP contribution in [0, 0.1) is 5.82 Å². The van der Waals surface area contributed by atoms with Crippen molar-refractivity contribution in [1.29, 1.82) is 0 Å². The van der Waals surface area contributed by atoms with Crippen molar-refractivity contribution in [2.45, 2.75) is 38.3 Å². The van der Waals surface area contributed by atoms with Gasteiger partial charge in [-0.15, -0.1) is 0 Å². The molecule has 108 valence electrons. The number of halogens is 2. The van der Waals surface area contributed by atoms with Gasteiger partial charge in [0.25, 0.3) is 0 Å². The molecule has 1 rings (SSSR count). The van der Waals surface area contributed by atoms with E-state index in [0.29, 0.717) is 12.0 Å². The van der Waals surface area contributed by atoms with E-state index in [1.54, 1.807) is 18.2 Å². The molecule has 0 saturated carbocycles. The molecule has 2 atom stereocenters. The number of rotatable bonds is 6. The van der Waals surface area contributed by atoms with E-state index < -0.39 is 0 Å². The summed E-state index contributed by atoms with van der Waals surface area (Å²) in [6, 6.07) is 5.34. The Labute approximate surface area is 120 Å². The molecular formula is C15H24ClFN2. The predicted molar refractivity (Wildman–Crippen MR) is 80.3 cm³/mol. The Morgan fingerprint density at radius 2 is 2.05 bits per heavy atom. The lowest BCUT2D eigenvalue weighted by Crippen LogP contribution is -2.57. The van der Waals surface area contributed by atoms with Crippen LogP contribution in [0.4, 0.5) is 4.39 Å². The van der Waals surface area contributed by atoms with E-state index in [2.05, 4.69) is 38.2 Å². The topological polar surface area (TPSA) is 15.3 Å². The van der Waals surface area contributed by atoms with Gasteiger partial charge in [0.2, 0.25) is 0 Å². The standard InChI is InChI=1S/C15H24ClFN2/c1-6-15(2,19(4)5)13(18-3)10-11-8-7-9-12(16)14(11)17/h7-9,13,18H,6,10H2,1-5H3. The van der Waals surface area contributed by atoms with E-state index in [0.717, 1.165) is 6.42 Å². The zero-order valence-corrected chi connectivity index (χ0v) is 13.2. The van der Waals surface area contributed by atoms with Crippen LogP contribution in [0.5, 0.6) is 0 Å². The number of nitrogens with one attached hydrogen (secondary N) is 1. The predicted octanol–water partition coefficient (Wildman–Crippen LogP) is 3.34. The van der Waals surface area contributed by atoms with Crippen molar-refractivity contribution in [2.24, 2.45) is 0 Å². The van der Waals surface area contributed by atoms with E-state index in [4.69, 9.17) is 11.6 Å². The molecule has 0 spiro atoms. The van der Waals surface area contributed by atoms with Gasteiger partial charge in [0.05, 0.1) is 5.02 Å². The minimum Gasteiger partial charge on any atom is -0.315 e. The molecule has 1 aromatic rings. The zero-order chi connectivity index (χ0) is 14.6. The van der Waals surface area contributed by atoms with E-state index in [9.17, 15) is 4.39 Å². The van der Waals surface area contributed by atoms with Gasteiger partial charge in [-0.1, -0.05) is 30.7 Å². The molecule has 4 heteroatoms. The molecule has 1 aromatic carbocycles. The van der Waals surface area contributed by atoms with Crippen LogP contribution in [0.15, 0.2) is 18.2 Å². The Morgan fingerprint density at radius 3 is 2.53 bits per heavy atom. The summed E-state index contributed by atoms with van der Waals surface area (Å²) in [6.07, 6.45) is 1.60. The summed E-state index contributed by atoms with van der Waals surface area (Å²) in [5, 5.41) is 3.51. The van der Waals surface area contributed by atoms with Crippen LogP contribution in [0.2, 0.25) is 5.02 Å². The maximum atomic E-state index is 14.0. The Bertz CT molecular complexity index is 423. The normalized spacial score (nSPS) is 16.4. The molecule has 0 fully saturated rings. The monoisotopic (exact) mass is 286 g/mol. The molecule has 19 heavy (non-hydrogen) atoms. The fourth-order valence-electron chi connectivity index (χ4n) is 2.43. The summed E-state index contributed by atoms with van der Waals surface area (Å²) >= 11 is 5.85. The molecule has 1 N–H and O–H groups in total. The second-order valence-corrected chi connectivity index (χ2v) is 5.77. The number of hydrogen-bond donors (Lipinski definition) is 1. The van der Waals surface area contributed by atoms with Gasteiger partial charge in [0.1, 0.15) is 5.82 Å². The van der Waals surface area contributed by atoms with Crippen molar-refractivity contribution in [3.8, 4) is 0 Å². The zero-order valence-electron chi connectivity index (χ0n) is 12.4. The maximum absolute atomic E-state index is 14.0. The third kappa shape index (κ3) is 3.47. The first-order valence-corrected chi connectivity index (χ1v) is 7.02. The quantitative estimate of drug-likeness (QED) is 0.863.